The van der Waals surface area contributed by atoms with Crippen molar-refractivity contribution in [3.63, 3.8) is 0 Å². The first-order valence-corrected chi connectivity index (χ1v) is 7.63. The molecule has 1 aromatic heterocycles. The van der Waals surface area contributed by atoms with Crippen LogP contribution < -0.4 is 0 Å². The van der Waals surface area contributed by atoms with E-state index in [0.29, 0.717) is 5.92 Å². The Morgan fingerprint density at radius 2 is 2.20 bits per heavy atom. The van der Waals surface area contributed by atoms with Crippen LogP contribution in [0.1, 0.15) is 49.8 Å². The van der Waals surface area contributed by atoms with Crippen molar-refractivity contribution in [2.45, 2.75) is 50.2 Å². The summed E-state index contributed by atoms with van der Waals surface area (Å²) in [6.07, 6.45) is 7.19. The van der Waals surface area contributed by atoms with Crippen molar-refractivity contribution in [1.29, 1.82) is 0 Å². The molecule has 3 aliphatic rings. The molecule has 1 aliphatic carbocycles. The van der Waals surface area contributed by atoms with Gasteiger partial charge in [-0.25, -0.2) is 4.68 Å². The van der Waals surface area contributed by atoms with Gasteiger partial charge in [-0.3, -0.25) is 4.79 Å². The molecule has 1 amide bonds. The van der Waals surface area contributed by atoms with Gasteiger partial charge in [-0.05, 0) is 32.1 Å². The lowest BCUT2D eigenvalue weighted by molar-refractivity contribution is -0.139. The number of likely N-dealkylation sites (tertiary alicyclic amines) is 1. The number of carbonyl (C=O) groups is 1. The fourth-order valence-electron chi connectivity index (χ4n) is 3.17. The molecule has 6 heteroatoms. The van der Waals surface area contributed by atoms with Crippen LogP contribution in [0.5, 0.6) is 0 Å². The van der Waals surface area contributed by atoms with Crippen LogP contribution in [-0.2, 0) is 9.53 Å². The molecule has 4 rings (SSSR count). The number of carbonyl (C=O) groups excluding carboxylic acids is 1. The molecule has 3 fully saturated rings. The highest BCUT2D eigenvalue weighted by Gasteiger charge is 2.34. The SMILES string of the molecule is O=C([C@@H]1CCCO1)N1CC[C@H](n2cc(C3CC3)nn2)C1. The van der Waals surface area contributed by atoms with E-state index in [-0.39, 0.29) is 18.1 Å². The maximum atomic E-state index is 12.3. The molecule has 1 saturated carbocycles. The number of aromatic nitrogens is 3. The summed E-state index contributed by atoms with van der Waals surface area (Å²) in [5, 5.41) is 8.50. The van der Waals surface area contributed by atoms with Gasteiger partial charge in [0.2, 0.25) is 0 Å². The van der Waals surface area contributed by atoms with Crippen molar-refractivity contribution < 1.29 is 9.53 Å². The second-order valence-corrected chi connectivity index (χ2v) is 6.13. The number of ether oxygens (including phenoxy) is 1. The predicted octanol–water partition coefficient (Wildman–Crippen LogP) is 1.11. The number of nitrogens with zero attached hydrogens (tertiary/aromatic N) is 4. The predicted molar refractivity (Wildman–Crippen MR) is 71.2 cm³/mol. The zero-order valence-electron chi connectivity index (χ0n) is 11.6. The number of hydrogen-bond acceptors (Lipinski definition) is 4. The molecule has 20 heavy (non-hydrogen) atoms. The Hall–Kier alpha value is -1.43. The Bertz CT molecular complexity index is 505. The monoisotopic (exact) mass is 276 g/mol. The first kappa shape index (κ1) is 12.3. The van der Waals surface area contributed by atoms with E-state index >= 15 is 0 Å². The zero-order valence-corrected chi connectivity index (χ0v) is 11.6. The van der Waals surface area contributed by atoms with Gasteiger partial charge < -0.3 is 9.64 Å². The minimum Gasteiger partial charge on any atom is -0.368 e. The molecule has 2 saturated heterocycles. The standard InChI is InChI=1S/C14H20N4O2/c19-14(13-2-1-7-20-13)17-6-5-11(8-17)18-9-12(15-16-18)10-3-4-10/h9-11,13H,1-8H2/t11-,13-/m0/s1. The third-order valence-electron chi connectivity index (χ3n) is 4.58. The van der Waals surface area contributed by atoms with Crippen LogP contribution in [0.3, 0.4) is 0 Å². The lowest BCUT2D eigenvalue weighted by Crippen LogP contribution is -2.37. The molecule has 0 radical (unpaired) electrons. The maximum Gasteiger partial charge on any atom is 0.251 e. The van der Waals surface area contributed by atoms with Gasteiger partial charge in [-0.2, -0.15) is 0 Å². The molecule has 0 aromatic carbocycles. The highest BCUT2D eigenvalue weighted by atomic mass is 16.5. The fraction of sp³-hybridized carbons (Fsp3) is 0.786. The van der Waals surface area contributed by atoms with E-state index in [2.05, 4.69) is 16.5 Å². The lowest BCUT2D eigenvalue weighted by Gasteiger charge is -2.19. The van der Waals surface area contributed by atoms with Crippen molar-refractivity contribution in [2.24, 2.45) is 0 Å². The first-order valence-electron chi connectivity index (χ1n) is 7.63. The molecule has 108 valence electrons. The maximum absolute atomic E-state index is 12.3. The van der Waals surface area contributed by atoms with E-state index < -0.39 is 0 Å². The second-order valence-electron chi connectivity index (χ2n) is 6.13. The third kappa shape index (κ3) is 2.22. The summed E-state index contributed by atoms with van der Waals surface area (Å²) in [5.41, 5.74) is 1.12. The highest BCUT2D eigenvalue weighted by Crippen LogP contribution is 2.39. The molecule has 0 bridgehead atoms. The Morgan fingerprint density at radius 3 is 2.95 bits per heavy atom. The third-order valence-corrected chi connectivity index (χ3v) is 4.58. The van der Waals surface area contributed by atoms with Gasteiger partial charge in [-0.1, -0.05) is 5.21 Å². The average Bonchev–Trinajstić information content (AvgIpc) is 2.98. The molecule has 6 nitrogen and oxygen atoms in total. The average molecular weight is 276 g/mol. The first-order chi connectivity index (χ1) is 9.81. The molecule has 2 atom stereocenters. The van der Waals surface area contributed by atoms with E-state index in [9.17, 15) is 4.79 Å². The molecular weight excluding hydrogens is 256 g/mol. The van der Waals surface area contributed by atoms with Crippen molar-refractivity contribution in [3.05, 3.63) is 11.9 Å². The molecular formula is C14H20N4O2. The normalized spacial score (nSPS) is 30.1. The summed E-state index contributed by atoms with van der Waals surface area (Å²) in [7, 11) is 0. The minimum atomic E-state index is -0.202. The van der Waals surface area contributed by atoms with Crippen molar-refractivity contribution in [2.75, 3.05) is 19.7 Å². The van der Waals surface area contributed by atoms with Gasteiger partial charge in [0.15, 0.2) is 0 Å². The van der Waals surface area contributed by atoms with Crippen LogP contribution in [-0.4, -0.2) is 51.6 Å². The Morgan fingerprint density at radius 1 is 1.30 bits per heavy atom. The Kier molecular flexibility index (Phi) is 2.98. The summed E-state index contributed by atoms with van der Waals surface area (Å²) in [6, 6.07) is 0.278. The van der Waals surface area contributed by atoms with Crippen LogP contribution in [0.4, 0.5) is 0 Å². The van der Waals surface area contributed by atoms with Crippen LogP contribution >= 0.6 is 0 Å². The molecule has 3 heterocycles. The smallest absolute Gasteiger partial charge is 0.251 e. The van der Waals surface area contributed by atoms with E-state index in [1.54, 1.807) is 0 Å². The quantitative estimate of drug-likeness (QED) is 0.829. The van der Waals surface area contributed by atoms with Crippen molar-refractivity contribution in [3.8, 4) is 0 Å². The fourth-order valence-corrected chi connectivity index (χ4v) is 3.17. The van der Waals surface area contributed by atoms with Gasteiger partial charge in [0.1, 0.15) is 6.10 Å². The number of rotatable bonds is 3. The van der Waals surface area contributed by atoms with Gasteiger partial charge >= 0.3 is 0 Å². The van der Waals surface area contributed by atoms with E-state index in [1.807, 2.05) is 9.58 Å². The summed E-state index contributed by atoms with van der Waals surface area (Å²) in [6.45, 7) is 2.27. The molecule has 1 aromatic rings. The van der Waals surface area contributed by atoms with Gasteiger partial charge in [0.25, 0.3) is 5.91 Å². The van der Waals surface area contributed by atoms with Gasteiger partial charge in [0, 0.05) is 31.8 Å². The van der Waals surface area contributed by atoms with Crippen LogP contribution in [0.15, 0.2) is 6.20 Å². The lowest BCUT2D eigenvalue weighted by atomic mass is 10.2. The second kappa shape index (κ2) is 4.84. The van der Waals surface area contributed by atoms with Crippen LogP contribution in [0, 0.1) is 0 Å². The summed E-state index contributed by atoms with van der Waals surface area (Å²) in [5.74, 6) is 0.794. The van der Waals surface area contributed by atoms with Crippen molar-refractivity contribution >= 4 is 5.91 Å². The largest absolute Gasteiger partial charge is 0.368 e. The number of amides is 1. The Labute approximate surface area is 118 Å². The highest BCUT2D eigenvalue weighted by molar-refractivity contribution is 5.81. The summed E-state index contributed by atoms with van der Waals surface area (Å²) in [4.78, 5) is 14.2. The number of hydrogen-bond donors (Lipinski definition) is 0. The summed E-state index contributed by atoms with van der Waals surface area (Å²) >= 11 is 0. The van der Waals surface area contributed by atoms with Crippen LogP contribution in [0.25, 0.3) is 0 Å². The van der Waals surface area contributed by atoms with E-state index in [1.165, 1.54) is 12.8 Å². The minimum absolute atomic E-state index is 0.160. The van der Waals surface area contributed by atoms with Gasteiger partial charge in [-0.15, -0.1) is 5.10 Å². The molecule has 2 aliphatic heterocycles. The van der Waals surface area contributed by atoms with E-state index in [0.717, 1.165) is 44.7 Å². The summed E-state index contributed by atoms with van der Waals surface area (Å²) < 4.78 is 7.44. The zero-order chi connectivity index (χ0) is 13.5. The van der Waals surface area contributed by atoms with Crippen LogP contribution in [0.2, 0.25) is 0 Å². The van der Waals surface area contributed by atoms with E-state index in [4.69, 9.17) is 4.74 Å². The van der Waals surface area contributed by atoms with Crippen molar-refractivity contribution in [1.82, 2.24) is 19.9 Å². The Balaban J connectivity index is 1.40. The molecule has 0 spiro atoms. The molecule has 0 N–H and O–H groups in total. The molecule has 0 unspecified atom stereocenters. The van der Waals surface area contributed by atoms with Gasteiger partial charge in [0.05, 0.1) is 11.7 Å². The topological polar surface area (TPSA) is 60.2 Å².